The van der Waals surface area contributed by atoms with E-state index in [0.717, 1.165) is 11.3 Å². The fourth-order valence-corrected chi connectivity index (χ4v) is 1.93. The van der Waals surface area contributed by atoms with Gasteiger partial charge in [-0.1, -0.05) is 6.92 Å². The van der Waals surface area contributed by atoms with Crippen molar-refractivity contribution < 1.29 is 4.42 Å². The second kappa shape index (κ2) is 3.30. The number of aryl methyl sites for hydroxylation is 2. The topological polar surface area (TPSA) is 38.9 Å². The molecule has 0 aromatic carbocycles. The molecule has 0 fully saturated rings. The van der Waals surface area contributed by atoms with Gasteiger partial charge in [-0.3, -0.25) is 0 Å². The van der Waals surface area contributed by atoms with Crippen LogP contribution in [0.5, 0.6) is 0 Å². The van der Waals surface area contributed by atoms with Crippen molar-refractivity contribution >= 4 is 11.3 Å². The SMILES string of the molecule is CCc1nnc(-c2sccc2C)o1. The minimum atomic E-state index is 0.643. The van der Waals surface area contributed by atoms with Gasteiger partial charge >= 0.3 is 0 Å². The van der Waals surface area contributed by atoms with Crippen LogP contribution in [0.25, 0.3) is 10.8 Å². The Kier molecular flexibility index (Phi) is 2.14. The molecule has 3 nitrogen and oxygen atoms in total. The molecule has 0 aliphatic carbocycles. The average molecular weight is 194 g/mol. The third kappa shape index (κ3) is 1.49. The summed E-state index contributed by atoms with van der Waals surface area (Å²) in [7, 11) is 0. The lowest BCUT2D eigenvalue weighted by molar-refractivity contribution is 0.513. The second-order valence-electron chi connectivity index (χ2n) is 2.79. The summed E-state index contributed by atoms with van der Waals surface area (Å²) in [5.41, 5.74) is 1.19. The highest BCUT2D eigenvalue weighted by Crippen LogP contribution is 2.27. The first kappa shape index (κ1) is 8.44. The summed E-state index contributed by atoms with van der Waals surface area (Å²) < 4.78 is 5.45. The molecule has 0 aliphatic heterocycles. The van der Waals surface area contributed by atoms with E-state index in [0.29, 0.717) is 11.8 Å². The summed E-state index contributed by atoms with van der Waals surface area (Å²) in [6.45, 7) is 4.04. The maximum Gasteiger partial charge on any atom is 0.257 e. The van der Waals surface area contributed by atoms with E-state index in [1.54, 1.807) is 11.3 Å². The molecule has 2 heterocycles. The molecular weight excluding hydrogens is 184 g/mol. The van der Waals surface area contributed by atoms with Crippen LogP contribution in [0.3, 0.4) is 0 Å². The Labute approximate surface area is 80.4 Å². The fourth-order valence-electron chi connectivity index (χ4n) is 1.08. The molecule has 0 amide bonds. The normalized spacial score (nSPS) is 10.6. The van der Waals surface area contributed by atoms with Gasteiger partial charge in [0.1, 0.15) is 0 Å². The Balaban J connectivity index is 2.41. The van der Waals surface area contributed by atoms with E-state index >= 15 is 0 Å². The molecule has 4 heteroatoms. The van der Waals surface area contributed by atoms with Crippen LogP contribution in [0, 0.1) is 6.92 Å². The van der Waals surface area contributed by atoms with Gasteiger partial charge in [0.2, 0.25) is 5.89 Å². The minimum Gasteiger partial charge on any atom is -0.420 e. The number of aromatic nitrogens is 2. The Bertz CT molecular complexity index is 405. The average Bonchev–Trinajstić information content (AvgIpc) is 2.71. The molecule has 0 unspecified atom stereocenters. The van der Waals surface area contributed by atoms with Crippen molar-refractivity contribution in [3.05, 3.63) is 22.9 Å². The maximum atomic E-state index is 5.45. The van der Waals surface area contributed by atoms with Crippen molar-refractivity contribution in [2.24, 2.45) is 0 Å². The van der Waals surface area contributed by atoms with Crippen LogP contribution in [0.4, 0.5) is 0 Å². The van der Waals surface area contributed by atoms with E-state index in [-0.39, 0.29) is 0 Å². The zero-order valence-corrected chi connectivity index (χ0v) is 8.39. The fraction of sp³-hybridized carbons (Fsp3) is 0.333. The number of nitrogens with zero attached hydrogens (tertiary/aromatic N) is 2. The number of hydrogen-bond acceptors (Lipinski definition) is 4. The predicted molar refractivity (Wildman–Crippen MR) is 51.7 cm³/mol. The second-order valence-corrected chi connectivity index (χ2v) is 3.70. The number of thiophene rings is 1. The monoisotopic (exact) mass is 194 g/mol. The Morgan fingerprint density at radius 2 is 2.31 bits per heavy atom. The zero-order chi connectivity index (χ0) is 9.26. The standard InChI is InChI=1S/C9H10N2OS/c1-3-7-10-11-9(12-7)8-6(2)4-5-13-8/h4-5H,3H2,1-2H3. The van der Waals surface area contributed by atoms with E-state index < -0.39 is 0 Å². The summed E-state index contributed by atoms with van der Waals surface area (Å²) in [6.07, 6.45) is 0.789. The molecule has 0 saturated carbocycles. The summed E-state index contributed by atoms with van der Waals surface area (Å²) >= 11 is 1.63. The van der Waals surface area contributed by atoms with Crippen LogP contribution >= 0.6 is 11.3 Å². The predicted octanol–water partition coefficient (Wildman–Crippen LogP) is 2.67. The van der Waals surface area contributed by atoms with Crippen LogP contribution in [0.2, 0.25) is 0 Å². The Hall–Kier alpha value is -1.16. The van der Waals surface area contributed by atoms with E-state index in [1.807, 2.05) is 19.2 Å². The highest BCUT2D eigenvalue weighted by Gasteiger charge is 2.10. The molecule has 0 spiro atoms. The van der Waals surface area contributed by atoms with Crippen molar-refractivity contribution in [1.82, 2.24) is 10.2 Å². The lowest BCUT2D eigenvalue weighted by Gasteiger charge is -1.89. The van der Waals surface area contributed by atoms with Crippen LogP contribution < -0.4 is 0 Å². The molecule has 2 aromatic rings. The first-order valence-electron chi connectivity index (χ1n) is 4.18. The van der Waals surface area contributed by atoms with Gasteiger partial charge in [-0.25, -0.2) is 0 Å². The molecule has 0 saturated heterocycles. The molecule has 0 atom stereocenters. The summed E-state index contributed by atoms with van der Waals surface area (Å²) in [5, 5.41) is 9.93. The Morgan fingerprint density at radius 3 is 2.85 bits per heavy atom. The third-order valence-corrected chi connectivity index (χ3v) is 2.83. The van der Waals surface area contributed by atoms with Crippen LogP contribution in [0.15, 0.2) is 15.9 Å². The molecule has 0 bridgehead atoms. The third-order valence-electron chi connectivity index (χ3n) is 1.83. The lowest BCUT2D eigenvalue weighted by Crippen LogP contribution is -1.76. The molecule has 0 radical (unpaired) electrons. The van der Waals surface area contributed by atoms with Gasteiger partial charge in [-0.2, -0.15) is 0 Å². The van der Waals surface area contributed by atoms with Crippen molar-refractivity contribution in [1.29, 1.82) is 0 Å². The summed E-state index contributed by atoms with van der Waals surface area (Å²) in [5.74, 6) is 1.34. The van der Waals surface area contributed by atoms with E-state index in [4.69, 9.17) is 4.42 Å². The smallest absolute Gasteiger partial charge is 0.257 e. The van der Waals surface area contributed by atoms with E-state index in [1.165, 1.54) is 5.56 Å². The lowest BCUT2D eigenvalue weighted by atomic mass is 10.3. The maximum absolute atomic E-state index is 5.45. The largest absolute Gasteiger partial charge is 0.420 e. The molecule has 68 valence electrons. The van der Waals surface area contributed by atoms with Crippen molar-refractivity contribution in [3.63, 3.8) is 0 Å². The molecular formula is C9H10N2OS. The Morgan fingerprint density at radius 1 is 1.46 bits per heavy atom. The number of rotatable bonds is 2. The first-order valence-corrected chi connectivity index (χ1v) is 5.06. The van der Waals surface area contributed by atoms with Crippen LogP contribution in [0.1, 0.15) is 18.4 Å². The summed E-state index contributed by atoms with van der Waals surface area (Å²) in [6, 6.07) is 2.05. The first-order chi connectivity index (χ1) is 6.31. The van der Waals surface area contributed by atoms with Crippen LogP contribution in [-0.4, -0.2) is 10.2 Å². The highest BCUT2D eigenvalue weighted by atomic mass is 32.1. The molecule has 0 aliphatic rings. The van der Waals surface area contributed by atoms with Gasteiger partial charge in [0.25, 0.3) is 5.89 Å². The van der Waals surface area contributed by atoms with Crippen LogP contribution in [-0.2, 0) is 6.42 Å². The van der Waals surface area contributed by atoms with Gasteiger partial charge in [-0.15, -0.1) is 21.5 Å². The van der Waals surface area contributed by atoms with Crippen molar-refractivity contribution in [3.8, 4) is 10.8 Å². The number of hydrogen-bond donors (Lipinski definition) is 0. The minimum absolute atomic E-state index is 0.643. The van der Waals surface area contributed by atoms with Gasteiger partial charge in [0, 0.05) is 6.42 Å². The van der Waals surface area contributed by atoms with Crippen molar-refractivity contribution in [2.45, 2.75) is 20.3 Å². The zero-order valence-electron chi connectivity index (χ0n) is 7.57. The van der Waals surface area contributed by atoms with Gasteiger partial charge in [-0.05, 0) is 23.9 Å². The van der Waals surface area contributed by atoms with Gasteiger partial charge in [0.05, 0.1) is 4.88 Å². The molecule has 0 N–H and O–H groups in total. The quantitative estimate of drug-likeness (QED) is 0.737. The molecule has 2 aromatic heterocycles. The van der Waals surface area contributed by atoms with E-state index in [2.05, 4.69) is 16.3 Å². The summed E-state index contributed by atoms with van der Waals surface area (Å²) in [4.78, 5) is 1.08. The van der Waals surface area contributed by atoms with Gasteiger partial charge < -0.3 is 4.42 Å². The molecule has 13 heavy (non-hydrogen) atoms. The van der Waals surface area contributed by atoms with Gasteiger partial charge in [0.15, 0.2) is 0 Å². The highest BCUT2D eigenvalue weighted by molar-refractivity contribution is 7.13. The van der Waals surface area contributed by atoms with Crippen molar-refractivity contribution in [2.75, 3.05) is 0 Å². The molecule has 2 rings (SSSR count). The van der Waals surface area contributed by atoms with E-state index in [9.17, 15) is 0 Å².